The molecule has 1 aliphatic rings. The van der Waals surface area contributed by atoms with Crippen LogP contribution in [0, 0.1) is 6.92 Å². The van der Waals surface area contributed by atoms with E-state index in [1.807, 2.05) is 30.3 Å². The lowest BCUT2D eigenvalue weighted by Gasteiger charge is -2.13. The lowest BCUT2D eigenvalue weighted by Crippen LogP contribution is -2.25. The first kappa shape index (κ1) is 22.3. The molecular formula is C23H24N4O3S2. The highest BCUT2D eigenvalue weighted by molar-refractivity contribution is 7.99. The Morgan fingerprint density at radius 2 is 1.97 bits per heavy atom. The van der Waals surface area contributed by atoms with Crippen LogP contribution < -0.4 is 16.2 Å². The quantitative estimate of drug-likeness (QED) is 0.363. The molecule has 0 radical (unpaired) electrons. The minimum Gasteiger partial charge on any atom is -0.348 e. The third kappa shape index (κ3) is 5.46. The second-order valence-corrected chi connectivity index (χ2v) is 9.68. The lowest BCUT2D eigenvalue weighted by atomic mass is 9.95. The number of thiophene rings is 1. The minimum absolute atomic E-state index is 0.0834. The number of nitrogens with one attached hydrogen (secondary N) is 3. The topological polar surface area (TPSA) is 104 Å². The Kier molecular flexibility index (Phi) is 7.06. The normalized spacial score (nSPS) is 12.8. The number of hydrogen-bond donors (Lipinski definition) is 3. The van der Waals surface area contributed by atoms with Crippen molar-refractivity contribution < 1.29 is 9.59 Å². The van der Waals surface area contributed by atoms with Gasteiger partial charge in [0, 0.05) is 23.2 Å². The fourth-order valence-electron chi connectivity index (χ4n) is 3.68. The lowest BCUT2D eigenvalue weighted by molar-refractivity contribution is -0.113. The first-order chi connectivity index (χ1) is 15.5. The zero-order valence-electron chi connectivity index (χ0n) is 17.7. The Bertz CT molecular complexity index is 1190. The number of thioether (sulfide) groups is 1. The van der Waals surface area contributed by atoms with Gasteiger partial charge >= 0.3 is 0 Å². The van der Waals surface area contributed by atoms with E-state index in [1.165, 1.54) is 22.3 Å². The number of aromatic nitrogens is 2. The van der Waals surface area contributed by atoms with Crippen LogP contribution in [0.15, 0.2) is 46.3 Å². The van der Waals surface area contributed by atoms with E-state index < -0.39 is 0 Å². The second-order valence-electron chi connectivity index (χ2n) is 7.61. The van der Waals surface area contributed by atoms with Crippen LogP contribution in [0.4, 0.5) is 5.00 Å². The number of aromatic amines is 1. The van der Waals surface area contributed by atoms with Gasteiger partial charge in [-0.15, -0.1) is 11.3 Å². The van der Waals surface area contributed by atoms with Gasteiger partial charge in [0.25, 0.3) is 11.5 Å². The predicted molar refractivity (Wildman–Crippen MR) is 128 cm³/mol. The number of carbonyl (C=O) groups is 2. The molecule has 4 rings (SSSR count). The van der Waals surface area contributed by atoms with E-state index in [2.05, 4.69) is 20.6 Å². The summed E-state index contributed by atoms with van der Waals surface area (Å²) in [6.07, 6.45) is 3.91. The smallest absolute Gasteiger partial charge is 0.254 e. The zero-order chi connectivity index (χ0) is 22.5. The third-order valence-corrected chi connectivity index (χ3v) is 7.22. The number of fused-ring (bicyclic) bond motifs is 1. The SMILES string of the molecule is Cc1cc(=O)[nH]c(SCC(=O)Nc2sc3c(c2C(=O)NCc2ccccc2)CCCC3)n1. The first-order valence-corrected chi connectivity index (χ1v) is 12.3. The molecule has 0 bridgehead atoms. The highest BCUT2D eigenvalue weighted by atomic mass is 32.2. The van der Waals surface area contributed by atoms with Crippen molar-refractivity contribution in [2.45, 2.75) is 44.3 Å². The monoisotopic (exact) mass is 468 g/mol. The van der Waals surface area contributed by atoms with Crippen LogP contribution in [0.5, 0.6) is 0 Å². The molecule has 0 saturated heterocycles. The summed E-state index contributed by atoms with van der Waals surface area (Å²) < 4.78 is 0. The summed E-state index contributed by atoms with van der Waals surface area (Å²) in [5, 5.41) is 6.92. The number of carbonyl (C=O) groups excluding carboxylic acids is 2. The van der Waals surface area contributed by atoms with Crippen molar-refractivity contribution in [2.24, 2.45) is 0 Å². The molecule has 0 unspecified atom stereocenters. The molecule has 166 valence electrons. The van der Waals surface area contributed by atoms with Gasteiger partial charge in [-0.2, -0.15) is 0 Å². The van der Waals surface area contributed by atoms with Crippen molar-refractivity contribution in [1.29, 1.82) is 0 Å². The van der Waals surface area contributed by atoms with E-state index in [4.69, 9.17) is 0 Å². The maximum atomic E-state index is 13.1. The van der Waals surface area contributed by atoms with Crippen LogP contribution in [0.3, 0.4) is 0 Å². The van der Waals surface area contributed by atoms with Crippen molar-refractivity contribution in [3.05, 3.63) is 74.0 Å². The molecule has 1 aromatic carbocycles. The van der Waals surface area contributed by atoms with E-state index in [1.54, 1.807) is 6.92 Å². The van der Waals surface area contributed by atoms with Crippen LogP contribution in [0.2, 0.25) is 0 Å². The van der Waals surface area contributed by atoms with Crippen LogP contribution in [0.25, 0.3) is 0 Å². The van der Waals surface area contributed by atoms with Gasteiger partial charge in [-0.1, -0.05) is 42.1 Å². The van der Waals surface area contributed by atoms with E-state index in [9.17, 15) is 14.4 Å². The Balaban J connectivity index is 1.47. The van der Waals surface area contributed by atoms with Gasteiger partial charge in [0.1, 0.15) is 5.00 Å². The molecule has 3 N–H and O–H groups in total. The molecule has 3 aromatic rings. The van der Waals surface area contributed by atoms with Crippen molar-refractivity contribution in [3.8, 4) is 0 Å². The average Bonchev–Trinajstić information content (AvgIpc) is 3.14. The largest absolute Gasteiger partial charge is 0.348 e. The summed E-state index contributed by atoms with van der Waals surface area (Å²) in [7, 11) is 0. The number of amides is 2. The number of rotatable bonds is 7. The molecule has 0 aliphatic heterocycles. The number of nitrogens with zero attached hydrogens (tertiary/aromatic N) is 1. The molecule has 2 aromatic heterocycles. The van der Waals surface area contributed by atoms with Crippen molar-refractivity contribution in [1.82, 2.24) is 15.3 Å². The third-order valence-electron chi connectivity index (χ3n) is 5.14. The van der Waals surface area contributed by atoms with E-state index >= 15 is 0 Å². The van der Waals surface area contributed by atoms with E-state index in [0.29, 0.717) is 28.0 Å². The van der Waals surface area contributed by atoms with Crippen LogP contribution in [-0.2, 0) is 24.2 Å². The number of hydrogen-bond acceptors (Lipinski definition) is 6. The summed E-state index contributed by atoms with van der Waals surface area (Å²) >= 11 is 2.65. The van der Waals surface area contributed by atoms with Gasteiger partial charge in [0.2, 0.25) is 5.91 Å². The van der Waals surface area contributed by atoms with E-state index in [-0.39, 0.29) is 23.1 Å². The molecule has 32 heavy (non-hydrogen) atoms. The number of benzene rings is 1. The second kappa shape index (κ2) is 10.1. The predicted octanol–water partition coefficient (Wildman–Crippen LogP) is 3.68. The molecule has 1 aliphatic carbocycles. The summed E-state index contributed by atoms with van der Waals surface area (Å²) in [4.78, 5) is 45.4. The summed E-state index contributed by atoms with van der Waals surface area (Å²) in [5.74, 6) is -0.323. The summed E-state index contributed by atoms with van der Waals surface area (Å²) in [5.41, 5.74) is 3.01. The van der Waals surface area contributed by atoms with Crippen LogP contribution in [-0.4, -0.2) is 27.5 Å². The van der Waals surface area contributed by atoms with Gasteiger partial charge < -0.3 is 15.6 Å². The van der Waals surface area contributed by atoms with Gasteiger partial charge in [-0.3, -0.25) is 14.4 Å². The Hall–Kier alpha value is -2.91. The maximum absolute atomic E-state index is 13.1. The van der Waals surface area contributed by atoms with Gasteiger partial charge in [-0.25, -0.2) is 4.98 Å². The zero-order valence-corrected chi connectivity index (χ0v) is 19.3. The highest BCUT2D eigenvalue weighted by Gasteiger charge is 2.26. The number of aryl methyl sites for hydroxylation is 2. The molecule has 7 nitrogen and oxygen atoms in total. The maximum Gasteiger partial charge on any atom is 0.254 e. The van der Waals surface area contributed by atoms with Crippen LogP contribution >= 0.6 is 23.1 Å². The molecule has 0 saturated carbocycles. The molecule has 0 fully saturated rings. The Morgan fingerprint density at radius 3 is 2.75 bits per heavy atom. The molecule has 2 heterocycles. The fourth-order valence-corrected chi connectivity index (χ4v) is 5.70. The molecule has 0 atom stereocenters. The van der Waals surface area contributed by atoms with Crippen molar-refractivity contribution in [2.75, 3.05) is 11.1 Å². The molecule has 9 heteroatoms. The first-order valence-electron chi connectivity index (χ1n) is 10.5. The Labute approximate surface area is 194 Å². The van der Waals surface area contributed by atoms with Crippen LogP contribution in [0.1, 0.15) is 44.9 Å². The molecular weight excluding hydrogens is 444 g/mol. The molecule has 0 spiro atoms. The van der Waals surface area contributed by atoms with Crippen molar-refractivity contribution in [3.63, 3.8) is 0 Å². The summed E-state index contributed by atoms with van der Waals surface area (Å²) in [6.45, 7) is 2.16. The average molecular weight is 469 g/mol. The van der Waals surface area contributed by atoms with Gasteiger partial charge in [0.15, 0.2) is 5.16 Å². The fraction of sp³-hybridized carbons (Fsp3) is 0.304. The number of anilines is 1. The minimum atomic E-state index is -0.247. The van der Waals surface area contributed by atoms with Gasteiger partial charge in [0.05, 0.1) is 11.3 Å². The molecule has 2 amide bonds. The Morgan fingerprint density at radius 1 is 1.19 bits per heavy atom. The van der Waals surface area contributed by atoms with Gasteiger partial charge in [-0.05, 0) is 43.7 Å². The van der Waals surface area contributed by atoms with Crippen molar-refractivity contribution >= 4 is 39.9 Å². The standard InChI is InChI=1S/C23H24N4O3S2/c1-14-11-18(28)27-23(25-14)31-13-19(29)26-22-20(16-9-5-6-10-17(16)32-22)21(30)24-12-15-7-3-2-4-8-15/h2-4,7-8,11H,5-6,9-10,12-13H2,1H3,(H,24,30)(H,26,29)(H,25,27,28). The highest BCUT2D eigenvalue weighted by Crippen LogP contribution is 2.38. The van der Waals surface area contributed by atoms with E-state index in [0.717, 1.165) is 48.6 Å². The number of H-pyrrole nitrogens is 1. The summed E-state index contributed by atoms with van der Waals surface area (Å²) in [6, 6.07) is 11.1.